The van der Waals surface area contributed by atoms with E-state index in [1.54, 1.807) is 28.0 Å². The fourth-order valence-corrected chi connectivity index (χ4v) is 4.64. The van der Waals surface area contributed by atoms with Gasteiger partial charge in [-0.15, -0.1) is 0 Å². The minimum Gasteiger partial charge on any atom is -0.485 e. The zero-order valence-corrected chi connectivity index (χ0v) is 18.4. The summed E-state index contributed by atoms with van der Waals surface area (Å²) in [7, 11) is 0. The molecule has 1 aromatic carbocycles. The van der Waals surface area contributed by atoms with Crippen molar-refractivity contribution < 1.29 is 28.3 Å². The summed E-state index contributed by atoms with van der Waals surface area (Å²) >= 11 is 0. The van der Waals surface area contributed by atoms with E-state index in [4.69, 9.17) is 13.9 Å². The monoisotopic (exact) mass is 453 g/mol. The van der Waals surface area contributed by atoms with Crippen LogP contribution in [-0.2, 0) is 9.59 Å². The highest BCUT2D eigenvalue weighted by Gasteiger charge is 2.36. The van der Waals surface area contributed by atoms with E-state index in [0.717, 1.165) is 0 Å². The van der Waals surface area contributed by atoms with Gasteiger partial charge < -0.3 is 28.6 Å². The van der Waals surface area contributed by atoms with Crippen molar-refractivity contribution in [3.8, 4) is 11.5 Å². The Labute approximate surface area is 191 Å². The lowest BCUT2D eigenvalue weighted by Crippen LogP contribution is -2.56. The van der Waals surface area contributed by atoms with Crippen LogP contribution in [0.1, 0.15) is 23.4 Å². The molecule has 9 heteroatoms. The number of carbonyl (C=O) groups excluding carboxylic acids is 3. The third kappa shape index (κ3) is 4.40. The summed E-state index contributed by atoms with van der Waals surface area (Å²) in [6, 6.07) is 10.7. The Morgan fingerprint density at radius 3 is 2.09 bits per heavy atom. The second-order valence-electron chi connectivity index (χ2n) is 8.56. The van der Waals surface area contributed by atoms with Crippen LogP contribution in [0.2, 0.25) is 0 Å². The lowest BCUT2D eigenvalue weighted by atomic mass is 9.94. The average Bonchev–Trinajstić information content (AvgIpc) is 3.42. The summed E-state index contributed by atoms with van der Waals surface area (Å²) in [5.41, 5.74) is 0. The molecule has 2 saturated heterocycles. The predicted octanol–water partition coefficient (Wildman–Crippen LogP) is 1.64. The summed E-state index contributed by atoms with van der Waals surface area (Å²) in [6.07, 6.45) is 2.09. The van der Waals surface area contributed by atoms with Crippen molar-refractivity contribution in [2.75, 3.05) is 45.9 Å². The molecule has 2 fully saturated rings. The number of fused-ring (bicyclic) bond motifs is 1. The van der Waals surface area contributed by atoms with Crippen molar-refractivity contribution in [1.82, 2.24) is 14.7 Å². The smallest absolute Gasteiger partial charge is 0.289 e. The van der Waals surface area contributed by atoms with Gasteiger partial charge in [-0.25, -0.2) is 0 Å². The highest BCUT2D eigenvalue weighted by atomic mass is 16.6. The maximum Gasteiger partial charge on any atom is 0.289 e. The third-order valence-corrected chi connectivity index (χ3v) is 6.55. The maximum atomic E-state index is 13.0. The molecule has 3 aliphatic heterocycles. The fourth-order valence-electron chi connectivity index (χ4n) is 4.64. The summed E-state index contributed by atoms with van der Waals surface area (Å²) in [4.78, 5) is 43.7. The molecule has 0 bridgehead atoms. The Morgan fingerprint density at radius 1 is 0.758 bits per heavy atom. The van der Waals surface area contributed by atoms with Gasteiger partial charge in [-0.2, -0.15) is 0 Å². The zero-order chi connectivity index (χ0) is 22.8. The number of likely N-dealkylation sites (tertiary alicyclic amines) is 1. The molecule has 3 aliphatic rings. The van der Waals surface area contributed by atoms with E-state index >= 15 is 0 Å². The summed E-state index contributed by atoms with van der Waals surface area (Å²) in [6.45, 7) is 3.21. The normalized spacial score (nSPS) is 21.1. The molecular weight excluding hydrogens is 426 g/mol. The zero-order valence-electron chi connectivity index (χ0n) is 18.4. The maximum absolute atomic E-state index is 13.0. The Hall–Kier alpha value is -3.49. The molecule has 174 valence electrons. The molecular formula is C24H27N3O6. The van der Waals surface area contributed by atoms with Gasteiger partial charge in [0, 0.05) is 45.2 Å². The number of benzene rings is 1. The molecule has 0 N–H and O–H groups in total. The van der Waals surface area contributed by atoms with Crippen LogP contribution >= 0.6 is 0 Å². The number of carbonyl (C=O) groups is 3. The number of nitrogens with zero attached hydrogens (tertiary/aromatic N) is 3. The van der Waals surface area contributed by atoms with Crippen LogP contribution in [0, 0.1) is 5.92 Å². The average molecular weight is 453 g/mol. The van der Waals surface area contributed by atoms with Gasteiger partial charge in [0.2, 0.25) is 12.0 Å². The number of ether oxygens (including phenoxy) is 2. The summed E-state index contributed by atoms with van der Waals surface area (Å²) in [5.74, 6) is 1.33. The van der Waals surface area contributed by atoms with E-state index < -0.39 is 6.10 Å². The molecule has 3 amide bonds. The van der Waals surface area contributed by atoms with Crippen LogP contribution < -0.4 is 9.47 Å². The van der Waals surface area contributed by atoms with Gasteiger partial charge in [-0.05, 0) is 37.1 Å². The standard InChI is InChI=1S/C24H27N3O6/c28-22(17-7-9-25(10-8-17)23(29)20-6-3-15-31-20)26-11-13-27(14-12-26)24(30)21-16-32-18-4-1-2-5-19(18)33-21/h1-6,15,17,21H,7-14,16H2/t21-/m0/s1. The Morgan fingerprint density at radius 2 is 1.42 bits per heavy atom. The third-order valence-electron chi connectivity index (χ3n) is 6.55. The first-order valence-electron chi connectivity index (χ1n) is 11.4. The van der Waals surface area contributed by atoms with Crippen molar-refractivity contribution in [2.45, 2.75) is 18.9 Å². The fraction of sp³-hybridized carbons (Fsp3) is 0.458. The second kappa shape index (κ2) is 9.17. The van der Waals surface area contributed by atoms with Crippen LogP contribution in [0.3, 0.4) is 0 Å². The number of amides is 3. The lowest BCUT2D eigenvalue weighted by Gasteiger charge is -2.39. The molecule has 0 unspecified atom stereocenters. The van der Waals surface area contributed by atoms with Gasteiger partial charge in [-0.1, -0.05) is 12.1 Å². The number of furan rings is 1. The van der Waals surface area contributed by atoms with Crippen LogP contribution in [0.4, 0.5) is 0 Å². The van der Waals surface area contributed by atoms with Crippen molar-refractivity contribution >= 4 is 17.7 Å². The van der Waals surface area contributed by atoms with Crippen LogP contribution in [-0.4, -0.2) is 84.4 Å². The highest BCUT2D eigenvalue weighted by molar-refractivity contribution is 5.91. The minimum absolute atomic E-state index is 0.0977. The number of rotatable bonds is 3. The Kier molecular flexibility index (Phi) is 5.93. The molecule has 1 aromatic heterocycles. The van der Waals surface area contributed by atoms with Crippen LogP contribution in [0.25, 0.3) is 0 Å². The molecule has 5 rings (SSSR count). The molecule has 4 heterocycles. The van der Waals surface area contributed by atoms with Crippen LogP contribution in [0.15, 0.2) is 47.1 Å². The number of piperidine rings is 1. The van der Waals surface area contributed by atoms with Crippen LogP contribution in [0.5, 0.6) is 11.5 Å². The Bertz CT molecular complexity index is 1010. The molecule has 33 heavy (non-hydrogen) atoms. The molecule has 2 aromatic rings. The summed E-state index contributed by atoms with van der Waals surface area (Å²) < 4.78 is 16.7. The van der Waals surface area contributed by atoms with Gasteiger partial charge in [0.15, 0.2) is 17.3 Å². The summed E-state index contributed by atoms with van der Waals surface area (Å²) in [5, 5.41) is 0. The van der Waals surface area contributed by atoms with E-state index in [9.17, 15) is 14.4 Å². The Balaban J connectivity index is 1.09. The molecule has 0 radical (unpaired) electrons. The van der Waals surface area contributed by atoms with Crippen molar-refractivity contribution in [1.29, 1.82) is 0 Å². The molecule has 1 atom stereocenters. The lowest BCUT2D eigenvalue weighted by molar-refractivity contribution is -0.148. The first-order chi connectivity index (χ1) is 16.1. The van der Waals surface area contributed by atoms with Gasteiger partial charge in [0.1, 0.15) is 6.61 Å². The minimum atomic E-state index is -0.668. The molecule has 0 saturated carbocycles. The number of piperazine rings is 1. The first-order valence-corrected chi connectivity index (χ1v) is 11.4. The number of hydrogen-bond donors (Lipinski definition) is 0. The number of para-hydroxylation sites is 2. The van der Waals surface area contributed by atoms with Crippen molar-refractivity contribution in [3.05, 3.63) is 48.4 Å². The van der Waals surface area contributed by atoms with Gasteiger partial charge in [0.05, 0.1) is 6.26 Å². The highest BCUT2D eigenvalue weighted by Crippen LogP contribution is 2.31. The molecule has 0 aliphatic carbocycles. The van der Waals surface area contributed by atoms with E-state index in [1.807, 2.05) is 23.1 Å². The van der Waals surface area contributed by atoms with E-state index in [2.05, 4.69) is 0 Å². The van der Waals surface area contributed by atoms with Crippen molar-refractivity contribution in [2.24, 2.45) is 5.92 Å². The van der Waals surface area contributed by atoms with E-state index in [-0.39, 0.29) is 30.2 Å². The second-order valence-corrected chi connectivity index (χ2v) is 8.56. The topological polar surface area (TPSA) is 92.5 Å². The first kappa shape index (κ1) is 21.4. The molecule has 9 nitrogen and oxygen atoms in total. The van der Waals surface area contributed by atoms with E-state index in [0.29, 0.717) is 69.4 Å². The van der Waals surface area contributed by atoms with Crippen molar-refractivity contribution in [3.63, 3.8) is 0 Å². The van der Waals surface area contributed by atoms with Gasteiger partial charge >= 0.3 is 0 Å². The molecule has 0 spiro atoms. The quantitative estimate of drug-likeness (QED) is 0.702. The van der Waals surface area contributed by atoms with Gasteiger partial charge in [0.25, 0.3) is 11.8 Å². The van der Waals surface area contributed by atoms with E-state index in [1.165, 1.54) is 6.26 Å². The van der Waals surface area contributed by atoms with Gasteiger partial charge in [-0.3, -0.25) is 14.4 Å². The SMILES string of the molecule is O=C(c1ccco1)N1CCC(C(=O)N2CCN(C(=O)[C@@H]3COc4ccccc4O3)CC2)CC1. The largest absolute Gasteiger partial charge is 0.485 e. The predicted molar refractivity (Wildman–Crippen MR) is 117 cm³/mol. The number of hydrogen-bond acceptors (Lipinski definition) is 6.